The van der Waals surface area contributed by atoms with Crippen LogP contribution in [0.3, 0.4) is 0 Å². The molecule has 4 aromatic rings. The van der Waals surface area contributed by atoms with E-state index in [4.69, 9.17) is 13.9 Å². The molecule has 7 nitrogen and oxygen atoms in total. The van der Waals surface area contributed by atoms with Crippen molar-refractivity contribution in [2.75, 3.05) is 6.61 Å². The third-order valence-electron chi connectivity index (χ3n) is 4.59. The molecule has 0 saturated carbocycles. The molecule has 1 aromatic heterocycles. The molecule has 1 heterocycles. The Kier molecular flexibility index (Phi) is 5.89. The van der Waals surface area contributed by atoms with E-state index in [-0.39, 0.29) is 16.9 Å². The van der Waals surface area contributed by atoms with Gasteiger partial charge in [0.2, 0.25) is 0 Å². The molecule has 0 aliphatic carbocycles. The van der Waals surface area contributed by atoms with Crippen molar-refractivity contribution in [3.05, 3.63) is 112 Å². The summed E-state index contributed by atoms with van der Waals surface area (Å²) in [6.45, 7) is -0.561. The summed E-state index contributed by atoms with van der Waals surface area (Å²) in [5, 5.41) is 0.561. The van der Waals surface area contributed by atoms with Crippen LogP contribution in [0.1, 0.15) is 31.1 Å². The minimum absolute atomic E-state index is 0.253. The smallest absolute Gasteiger partial charge is 0.351 e. The molecular weight excluding hydrogens is 412 g/mol. The normalized spacial score (nSPS) is 10.5. The molecular formula is C25H16O7. The van der Waals surface area contributed by atoms with E-state index in [1.165, 1.54) is 30.3 Å². The maximum absolute atomic E-state index is 12.3. The van der Waals surface area contributed by atoms with Gasteiger partial charge in [0.25, 0.3) is 0 Å². The average Bonchev–Trinajstić information content (AvgIpc) is 2.83. The SMILES string of the molecule is O=C(COC(=O)c1cc2ccccc2oc1=O)c1ccc(OC(=O)c2ccccc2)cc1. The number of ether oxygens (including phenoxy) is 2. The molecule has 0 bridgehead atoms. The Morgan fingerprint density at radius 3 is 2.19 bits per heavy atom. The summed E-state index contributed by atoms with van der Waals surface area (Å²) >= 11 is 0. The first kappa shape index (κ1) is 20.7. The first-order valence-electron chi connectivity index (χ1n) is 9.62. The minimum atomic E-state index is -0.953. The fourth-order valence-corrected chi connectivity index (χ4v) is 2.95. The number of para-hydroxylation sites is 1. The van der Waals surface area contributed by atoms with E-state index in [9.17, 15) is 19.2 Å². The molecule has 0 spiro atoms. The topological polar surface area (TPSA) is 99.9 Å². The van der Waals surface area contributed by atoms with E-state index in [1.807, 2.05) is 0 Å². The highest BCUT2D eigenvalue weighted by atomic mass is 16.5. The Balaban J connectivity index is 1.38. The fraction of sp³-hybridized carbons (Fsp3) is 0.0400. The Hall–Kier alpha value is -4.52. The second kappa shape index (κ2) is 9.09. The molecule has 0 fully saturated rings. The summed E-state index contributed by atoms with van der Waals surface area (Å²) in [5.41, 5.74) is -0.135. The number of benzene rings is 3. The molecule has 0 N–H and O–H groups in total. The second-order valence-corrected chi connectivity index (χ2v) is 6.76. The number of fused-ring (bicyclic) bond motifs is 1. The molecule has 0 unspecified atom stereocenters. The summed E-state index contributed by atoms with van der Waals surface area (Å²) < 4.78 is 15.4. The zero-order valence-corrected chi connectivity index (χ0v) is 16.6. The molecule has 0 atom stereocenters. The molecule has 0 radical (unpaired) electrons. The van der Waals surface area contributed by atoms with Gasteiger partial charge in [0, 0.05) is 10.9 Å². The van der Waals surface area contributed by atoms with Gasteiger partial charge >= 0.3 is 17.6 Å². The third-order valence-corrected chi connectivity index (χ3v) is 4.59. The number of rotatable bonds is 6. The van der Waals surface area contributed by atoms with E-state index < -0.39 is 30.0 Å². The molecule has 158 valence electrons. The van der Waals surface area contributed by atoms with Crippen LogP contribution in [0.2, 0.25) is 0 Å². The summed E-state index contributed by atoms with van der Waals surface area (Å²) in [6, 6.07) is 22.4. The predicted molar refractivity (Wildman–Crippen MR) is 115 cm³/mol. The zero-order chi connectivity index (χ0) is 22.5. The first-order valence-corrected chi connectivity index (χ1v) is 9.62. The van der Waals surface area contributed by atoms with Gasteiger partial charge in [-0.3, -0.25) is 4.79 Å². The van der Waals surface area contributed by atoms with Gasteiger partial charge in [0.15, 0.2) is 12.4 Å². The van der Waals surface area contributed by atoms with Gasteiger partial charge in [-0.05, 0) is 48.5 Å². The lowest BCUT2D eigenvalue weighted by Gasteiger charge is -2.07. The minimum Gasteiger partial charge on any atom is -0.453 e. The summed E-state index contributed by atoms with van der Waals surface area (Å²) in [4.78, 5) is 48.7. The lowest BCUT2D eigenvalue weighted by Crippen LogP contribution is -2.20. The second-order valence-electron chi connectivity index (χ2n) is 6.76. The Labute approximate surface area is 181 Å². The summed E-state index contributed by atoms with van der Waals surface area (Å²) in [7, 11) is 0. The van der Waals surface area contributed by atoms with Crippen molar-refractivity contribution >= 4 is 28.7 Å². The highest BCUT2D eigenvalue weighted by Crippen LogP contribution is 2.16. The molecule has 4 rings (SSSR count). The van der Waals surface area contributed by atoms with E-state index in [0.29, 0.717) is 16.5 Å². The molecule has 0 aliphatic rings. The Morgan fingerprint density at radius 2 is 1.44 bits per heavy atom. The van der Waals surface area contributed by atoms with Crippen molar-refractivity contribution in [1.82, 2.24) is 0 Å². The average molecular weight is 428 g/mol. The number of carbonyl (C=O) groups is 3. The van der Waals surface area contributed by atoms with Gasteiger partial charge in [-0.15, -0.1) is 0 Å². The van der Waals surface area contributed by atoms with E-state index in [1.54, 1.807) is 54.6 Å². The van der Waals surface area contributed by atoms with Crippen LogP contribution >= 0.6 is 0 Å². The molecule has 0 aliphatic heterocycles. The predicted octanol–water partition coefficient (Wildman–Crippen LogP) is 4.05. The first-order chi connectivity index (χ1) is 15.5. The molecule has 0 amide bonds. The van der Waals surface area contributed by atoms with Gasteiger partial charge in [-0.1, -0.05) is 36.4 Å². The van der Waals surface area contributed by atoms with Crippen molar-refractivity contribution in [3.8, 4) is 5.75 Å². The van der Waals surface area contributed by atoms with Gasteiger partial charge in [-0.2, -0.15) is 0 Å². The van der Waals surface area contributed by atoms with E-state index >= 15 is 0 Å². The fourth-order valence-electron chi connectivity index (χ4n) is 2.95. The molecule has 32 heavy (non-hydrogen) atoms. The van der Waals surface area contributed by atoms with E-state index in [0.717, 1.165) is 0 Å². The number of hydrogen-bond acceptors (Lipinski definition) is 7. The van der Waals surface area contributed by atoms with Gasteiger partial charge in [-0.25, -0.2) is 14.4 Å². The highest BCUT2D eigenvalue weighted by Gasteiger charge is 2.17. The monoisotopic (exact) mass is 428 g/mol. The van der Waals surface area contributed by atoms with Crippen LogP contribution in [0.25, 0.3) is 11.0 Å². The number of Topliss-reactive ketones (excluding diaryl/α,β-unsaturated/α-hetero) is 1. The highest BCUT2D eigenvalue weighted by molar-refractivity contribution is 6.00. The van der Waals surface area contributed by atoms with Crippen LogP contribution in [0, 0.1) is 0 Å². The molecule has 3 aromatic carbocycles. The van der Waals surface area contributed by atoms with Gasteiger partial charge in [0.1, 0.15) is 16.9 Å². The summed E-state index contributed by atoms with van der Waals surface area (Å²) in [6.07, 6.45) is 0. The number of ketones is 1. The van der Waals surface area contributed by atoms with Crippen molar-refractivity contribution in [3.63, 3.8) is 0 Å². The van der Waals surface area contributed by atoms with Crippen LogP contribution in [0.15, 0.2) is 94.1 Å². The van der Waals surface area contributed by atoms with Gasteiger partial charge in [0.05, 0.1) is 5.56 Å². The van der Waals surface area contributed by atoms with Crippen LogP contribution in [0.5, 0.6) is 5.75 Å². The summed E-state index contributed by atoms with van der Waals surface area (Å²) in [5.74, 6) is -1.69. The molecule has 0 saturated heterocycles. The number of hydrogen-bond donors (Lipinski definition) is 0. The molecule has 7 heteroatoms. The maximum Gasteiger partial charge on any atom is 0.351 e. The van der Waals surface area contributed by atoms with Gasteiger partial charge < -0.3 is 13.9 Å². The zero-order valence-electron chi connectivity index (χ0n) is 16.6. The van der Waals surface area contributed by atoms with Crippen molar-refractivity contribution in [2.45, 2.75) is 0 Å². The van der Waals surface area contributed by atoms with Crippen LogP contribution in [-0.4, -0.2) is 24.3 Å². The largest absolute Gasteiger partial charge is 0.453 e. The quantitative estimate of drug-likeness (QED) is 0.198. The number of carbonyl (C=O) groups excluding carboxylic acids is 3. The van der Waals surface area contributed by atoms with Crippen LogP contribution in [-0.2, 0) is 4.74 Å². The van der Waals surface area contributed by atoms with Crippen LogP contribution < -0.4 is 10.4 Å². The lowest BCUT2D eigenvalue weighted by molar-refractivity contribution is 0.0470. The van der Waals surface area contributed by atoms with Crippen LogP contribution in [0.4, 0.5) is 0 Å². The Bertz CT molecular complexity index is 1350. The van der Waals surface area contributed by atoms with Crippen molar-refractivity contribution in [1.29, 1.82) is 0 Å². The maximum atomic E-state index is 12.3. The van der Waals surface area contributed by atoms with Crippen molar-refractivity contribution in [2.24, 2.45) is 0 Å². The van der Waals surface area contributed by atoms with Crippen molar-refractivity contribution < 1.29 is 28.3 Å². The number of esters is 2. The third kappa shape index (κ3) is 4.62. The Morgan fingerprint density at radius 1 is 0.750 bits per heavy atom. The standard InChI is InChI=1S/C25H16O7/c26-21(15-30-24(28)20-14-18-8-4-5-9-22(18)32-25(20)29)16-10-12-19(13-11-16)31-23(27)17-6-2-1-3-7-17/h1-14H,15H2. The lowest BCUT2D eigenvalue weighted by atomic mass is 10.1. The van der Waals surface area contributed by atoms with E-state index in [2.05, 4.69) is 0 Å².